The van der Waals surface area contributed by atoms with Gasteiger partial charge in [0, 0.05) is 12.0 Å². The second-order valence-corrected chi connectivity index (χ2v) is 5.53. The Labute approximate surface area is 118 Å². The molecule has 0 bridgehead atoms. The van der Waals surface area contributed by atoms with Crippen LogP contribution in [0.4, 0.5) is 0 Å². The van der Waals surface area contributed by atoms with E-state index < -0.39 is 0 Å². The summed E-state index contributed by atoms with van der Waals surface area (Å²) in [6.45, 7) is 2.89. The molecule has 0 heterocycles. The second kappa shape index (κ2) is 9.11. The molecule has 0 aliphatic heterocycles. The molecule has 1 unspecified atom stereocenters. The molecule has 1 rings (SSSR count). The fourth-order valence-electron chi connectivity index (χ4n) is 2.63. The average Bonchev–Trinajstić information content (AvgIpc) is 2.48. The van der Waals surface area contributed by atoms with Crippen molar-refractivity contribution in [1.82, 2.24) is 0 Å². The first kappa shape index (κ1) is 16.2. The maximum atomic E-state index is 9.79. The molecule has 0 amide bonds. The highest BCUT2D eigenvalue weighted by atomic mass is 16.3. The SMILES string of the molecule is CCCCCCCCC(CN)(CO)c1ccccc1. The van der Waals surface area contributed by atoms with Gasteiger partial charge >= 0.3 is 0 Å². The first-order chi connectivity index (χ1) is 9.29. The van der Waals surface area contributed by atoms with Crippen LogP contribution >= 0.6 is 0 Å². The summed E-state index contributed by atoms with van der Waals surface area (Å²) in [5.74, 6) is 0. The zero-order chi connectivity index (χ0) is 14.0. The van der Waals surface area contributed by atoms with E-state index in [1.807, 2.05) is 18.2 Å². The average molecular weight is 263 g/mol. The van der Waals surface area contributed by atoms with Crippen LogP contribution in [0, 0.1) is 0 Å². The van der Waals surface area contributed by atoms with Crippen LogP contribution in [0.25, 0.3) is 0 Å². The number of hydrogen-bond donors (Lipinski definition) is 2. The fourth-order valence-corrected chi connectivity index (χ4v) is 2.63. The first-order valence-corrected chi connectivity index (χ1v) is 7.65. The molecule has 0 aliphatic rings. The van der Waals surface area contributed by atoms with Crippen molar-refractivity contribution < 1.29 is 5.11 Å². The summed E-state index contributed by atoms with van der Waals surface area (Å²) in [7, 11) is 0. The molecule has 2 nitrogen and oxygen atoms in total. The molecule has 2 heteroatoms. The molecule has 0 saturated carbocycles. The van der Waals surface area contributed by atoms with Crippen molar-refractivity contribution in [2.24, 2.45) is 5.73 Å². The third kappa shape index (κ3) is 4.96. The summed E-state index contributed by atoms with van der Waals surface area (Å²) in [6.07, 6.45) is 8.63. The topological polar surface area (TPSA) is 46.2 Å². The predicted molar refractivity (Wildman–Crippen MR) is 82.3 cm³/mol. The zero-order valence-corrected chi connectivity index (χ0v) is 12.3. The Kier molecular flexibility index (Phi) is 7.76. The lowest BCUT2D eigenvalue weighted by Crippen LogP contribution is -2.38. The molecule has 0 fully saturated rings. The fraction of sp³-hybridized carbons (Fsp3) is 0.647. The standard InChI is InChI=1S/C17H29NO/c1-2-3-4-5-6-10-13-17(14-18,15-19)16-11-8-7-9-12-16/h7-9,11-12,19H,2-6,10,13-15,18H2,1H3. The largest absolute Gasteiger partial charge is 0.395 e. The second-order valence-electron chi connectivity index (χ2n) is 5.53. The third-order valence-electron chi connectivity index (χ3n) is 4.09. The molecular weight excluding hydrogens is 234 g/mol. The molecule has 0 aromatic heterocycles. The number of nitrogens with two attached hydrogens (primary N) is 1. The van der Waals surface area contributed by atoms with Crippen molar-refractivity contribution in [2.75, 3.05) is 13.2 Å². The van der Waals surface area contributed by atoms with Crippen LogP contribution in [0.1, 0.15) is 57.4 Å². The van der Waals surface area contributed by atoms with Gasteiger partial charge in [-0.3, -0.25) is 0 Å². The van der Waals surface area contributed by atoms with E-state index in [1.165, 1.54) is 37.7 Å². The Balaban J connectivity index is 2.48. The lowest BCUT2D eigenvalue weighted by molar-refractivity contribution is 0.184. The van der Waals surface area contributed by atoms with E-state index >= 15 is 0 Å². The number of hydrogen-bond acceptors (Lipinski definition) is 2. The quantitative estimate of drug-likeness (QED) is 0.633. The summed E-state index contributed by atoms with van der Waals surface area (Å²) in [4.78, 5) is 0. The van der Waals surface area contributed by atoms with Crippen molar-refractivity contribution >= 4 is 0 Å². The smallest absolute Gasteiger partial charge is 0.0540 e. The van der Waals surface area contributed by atoms with Crippen LogP contribution in [-0.4, -0.2) is 18.3 Å². The molecule has 0 aliphatic carbocycles. The molecule has 1 aromatic rings. The molecule has 19 heavy (non-hydrogen) atoms. The molecule has 108 valence electrons. The lowest BCUT2D eigenvalue weighted by Gasteiger charge is -2.31. The minimum Gasteiger partial charge on any atom is -0.395 e. The van der Waals surface area contributed by atoms with Gasteiger partial charge in [-0.2, -0.15) is 0 Å². The van der Waals surface area contributed by atoms with E-state index in [0.717, 1.165) is 12.8 Å². The van der Waals surface area contributed by atoms with Gasteiger partial charge in [0.05, 0.1) is 6.61 Å². The van der Waals surface area contributed by atoms with Gasteiger partial charge in [-0.05, 0) is 12.0 Å². The van der Waals surface area contributed by atoms with Gasteiger partial charge in [0.25, 0.3) is 0 Å². The highest BCUT2D eigenvalue weighted by molar-refractivity contribution is 5.26. The first-order valence-electron chi connectivity index (χ1n) is 7.65. The van der Waals surface area contributed by atoms with Crippen LogP contribution in [0.2, 0.25) is 0 Å². The van der Waals surface area contributed by atoms with Crippen LogP contribution in [0.3, 0.4) is 0 Å². The lowest BCUT2D eigenvalue weighted by atomic mass is 9.77. The Morgan fingerprint density at radius 1 is 1.00 bits per heavy atom. The molecular formula is C17H29NO. The summed E-state index contributed by atoms with van der Waals surface area (Å²) in [5, 5.41) is 9.79. The minimum atomic E-state index is -0.244. The van der Waals surface area contributed by atoms with Gasteiger partial charge in [0.15, 0.2) is 0 Å². The highest BCUT2D eigenvalue weighted by Crippen LogP contribution is 2.29. The van der Waals surface area contributed by atoms with Crippen molar-refractivity contribution in [2.45, 2.75) is 57.3 Å². The van der Waals surface area contributed by atoms with Crippen molar-refractivity contribution in [3.8, 4) is 0 Å². The van der Waals surface area contributed by atoms with Gasteiger partial charge in [0.1, 0.15) is 0 Å². The van der Waals surface area contributed by atoms with Crippen LogP contribution in [0.5, 0.6) is 0 Å². The van der Waals surface area contributed by atoms with Gasteiger partial charge in [-0.25, -0.2) is 0 Å². The minimum absolute atomic E-state index is 0.141. The maximum absolute atomic E-state index is 9.79. The monoisotopic (exact) mass is 263 g/mol. The van der Waals surface area contributed by atoms with Crippen molar-refractivity contribution in [3.63, 3.8) is 0 Å². The van der Waals surface area contributed by atoms with Gasteiger partial charge < -0.3 is 10.8 Å². The summed E-state index contributed by atoms with van der Waals surface area (Å²) >= 11 is 0. The Hall–Kier alpha value is -0.860. The number of benzene rings is 1. The van der Waals surface area contributed by atoms with Gasteiger partial charge in [-0.1, -0.05) is 75.8 Å². The Morgan fingerprint density at radius 3 is 2.21 bits per heavy atom. The van der Waals surface area contributed by atoms with Crippen LogP contribution in [0.15, 0.2) is 30.3 Å². The van der Waals surface area contributed by atoms with Gasteiger partial charge in [0.2, 0.25) is 0 Å². The van der Waals surface area contributed by atoms with E-state index in [9.17, 15) is 5.11 Å². The van der Waals surface area contributed by atoms with Crippen molar-refractivity contribution in [3.05, 3.63) is 35.9 Å². The molecule has 0 spiro atoms. The Morgan fingerprint density at radius 2 is 1.63 bits per heavy atom. The maximum Gasteiger partial charge on any atom is 0.0540 e. The number of aliphatic hydroxyl groups excluding tert-OH is 1. The molecule has 0 saturated heterocycles. The van der Waals surface area contributed by atoms with E-state index in [4.69, 9.17) is 5.73 Å². The van der Waals surface area contributed by atoms with Crippen molar-refractivity contribution in [1.29, 1.82) is 0 Å². The van der Waals surface area contributed by atoms with E-state index in [1.54, 1.807) is 0 Å². The summed E-state index contributed by atoms with van der Waals surface area (Å²) < 4.78 is 0. The highest BCUT2D eigenvalue weighted by Gasteiger charge is 2.29. The van der Waals surface area contributed by atoms with E-state index in [2.05, 4.69) is 19.1 Å². The number of unbranched alkanes of at least 4 members (excludes halogenated alkanes) is 5. The summed E-state index contributed by atoms with van der Waals surface area (Å²) in [6, 6.07) is 10.2. The number of rotatable bonds is 10. The molecule has 1 atom stereocenters. The van der Waals surface area contributed by atoms with E-state index in [0.29, 0.717) is 6.54 Å². The van der Waals surface area contributed by atoms with Gasteiger partial charge in [-0.15, -0.1) is 0 Å². The zero-order valence-electron chi connectivity index (χ0n) is 12.3. The Bertz CT molecular complexity index is 319. The number of aliphatic hydroxyl groups is 1. The normalized spacial score (nSPS) is 14.3. The molecule has 3 N–H and O–H groups in total. The summed E-state index contributed by atoms with van der Waals surface area (Å²) in [5.41, 5.74) is 6.88. The van der Waals surface area contributed by atoms with E-state index in [-0.39, 0.29) is 12.0 Å². The van der Waals surface area contributed by atoms with Crippen LogP contribution in [-0.2, 0) is 5.41 Å². The third-order valence-corrected chi connectivity index (χ3v) is 4.09. The molecule has 0 radical (unpaired) electrons. The van der Waals surface area contributed by atoms with Crippen LogP contribution < -0.4 is 5.73 Å². The predicted octanol–water partition coefficient (Wildman–Crippen LogP) is 3.63. The molecule has 1 aromatic carbocycles.